The minimum Gasteiger partial charge on any atom is -0.384 e. The first-order valence-corrected chi connectivity index (χ1v) is 7.72. The lowest BCUT2D eigenvalue weighted by molar-refractivity contribution is 0.100. The number of anilines is 1. The number of hydrogen-bond donors (Lipinski definition) is 3. The lowest BCUT2D eigenvalue weighted by atomic mass is 10.1. The second kappa shape index (κ2) is 7.61. The molecule has 5 nitrogen and oxygen atoms in total. The van der Waals surface area contributed by atoms with Gasteiger partial charge in [0.15, 0.2) is 0 Å². The molecule has 1 aromatic carbocycles. The maximum atomic E-state index is 11.4. The molecule has 1 aliphatic heterocycles. The Kier molecular flexibility index (Phi) is 5.82. The quantitative estimate of drug-likeness (QED) is 0.682. The number of halogens is 1. The zero-order valence-corrected chi connectivity index (χ0v) is 13.1. The van der Waals surface area contributed by atoms with Crippen molar-refractivity contribution < 1.29 is 4.79 Å². The van der Waals surface area contributed by atoms with Crippen LogP contribution >= 0.6 is 15.9 Å². The lowest BCUT2D eigenvalue weighted by Gasteiger charge is -2.27. The fourth-order valence-corrected chi connectivity index (χ4v) is 2.70. The van der Waals surface area contributed by atoms with Gasteiger partial charge in [-0.15, -0.1) is 0 Å². The molecular weight excluding hydrogens is 320 g/mol. The molecular formula is C14H21BrN4O. The maximum Gasteiger partial charge on any atom is 0.250 e. The molecule has 0 atom stereocenters. The number of piperazine rings is 1. The Labute approximate surface area is 128 Å². The first-order valence-electron chi connectivity index (χ1n) is 6.93. The molecule has 0 spiro atoms. The van der Waals surface area contributed by atoms with Gasteiger partial charge in [0.1, 0.15) is 0 Å². The van der Waals surface area contributed by atoms with E-state index >= 15 is 0 Å². The highest BCUT2D eigenvalue weighted by atomic mass is 79.9. The third-order valence-electron chi connectivity index (χ3n) is 3.42. The van der Waals surface area contributed by atoms with E-state index in [9.17, 15) is 4.79 Å². The van der Waals surface area contributed by atoms with Crippen LogP contribution in [-0.4, -0.2) is 50.1 Å². The summed E-state index contributed by atoms with van der Waals surface area (Å²) >= 11 is 3.41. The van der Waals surface area contributed by atoms with E-state index in [0.29, 0.717) is 5.56 Å². The van der Waals surface area contributed by atoms with Crippen LogP contribution in [0.1, 0.15) is 16.8 Å². The summed E-state index contributed by atoms with van der Waals surface area (Å²) in [5, 5.41) is 6.65. The first-order chi connectivity index (χ1) is 9.66. The van der Waals surface area contributed by atoms with Crippen LogP contribution in [0.15, 0.2) is 22.7 Å². The van der Waals surface area contributed by atoms with Crippen molar-refractivity contribution in [2.45, 2.75) is 6.42 Å². The highest BCUT2D eigenvalue weighted by molar-refractivity contribution is 9.10. The molecule has 2 rings (SSSR count). The van der Waals surface area contributed by atoms with Crippen molar-refractivity contribution in [3.8, 4) is 0 Å². The largest absolute Gasteiger partial charge is 0.384 e. The molecule has 20 heavy (non-hydrogen) atoms. The molecule has 4 N–H and O–H groups in total. The number of nitrogens with zero attached hydrogens (tertiary/aromatic N) is 1. The van der Waals surface area contributed by atoms with E-state index in [2.05, 4.69) is 31.5 Å². The van der Waals surface area contributed by atoms with Crippen molar-refractivity contribution in [1.29, 1.82) is 0 Å². The topological polar surface area (TPSA) is 70.4 Å². The summed E-state index contributed by atoms with van der Waals surface area (Å²) in [5.41, 5.74) is 6.71. The second-order valence-corrected chi connectivity index (χ2v) is 5.84. The maximum absolute atomic E-state index is 11.4. The third kappa shape index (κ3) is 4.47. The number of carbonyl (C=O) groups excluding carboxylic acids is 1. The third-order valence-corrected chi connectivity index (χ3v) is 3.92. The van der Waals surface area contributed by atoms with Crippen molar-refractivity contribution in [1.82, 2.24) is 10.2 Å². The highest BCUT2D eigenvalue weighted by Gasteiger charge is 2.10. The Morgan fingerprint density at radius 1 is 1.40 bits per heavy atom. The van der Waals surface area contributed by atoms with Crippen molar-refractivity contribution in [3.05, 3.63) is 28.2 Å². The van der Waals surface area contributed by atoms with Gasteiger partial charge in [-0.05, 0) is 31.2 Å². The van der Waals surface area contributed by atoms with Crippen molar-refractivity contribution in [3.63, 3.8) is 0 Å². The minimum atomic E-state index is -0.401. The Hall–Kier alpha value is -1.11. The van der Waals surface area contributed by atoms with Crippen LogP contribution in [0, 0.1) is 0 Å². The molecule has 0 aromatic heterocycles. The van der Waals surface area contributed by atoms with Crippen molar-refractivity contribution in [2.75, 3.05) is 44.6 Å². The Morgan fingerprint density at radius 3 is 2.85 bits per heavy atom. The number of nitrogens with two attached hydrogens (primary N) is 1. The molecule has 0 bridgehead atoms. The summed E-state index contributed by atoms with van der Waals surface area (Å²) in [5.74, 6) is -0.401. The van der Waals surface area contributed by atoms with Gasteiger partial charge in [-0.2, -0.15) is 0 Å². The van der Waals surface area contributed by atoms with E-state index in [-0.39, 0.29) is 0 Å². The van der Waals surface area contributed by atoms with Gasteiger partial charge in [0.2, 0.25) is 0 Å². The molecule has 6 heteroatoms. The van der Waals surface area contributed by atoms with Crippen LogP contribution < -0.4 is 16.4 Å². The van der Waals surface area contributed by atoms with Crippen LogP contribution in [-0.2, 0) is 0 Å². The number of rotatable bonds is 6. The van der Waals surface area contributed by atoms with Crippen LogP contribution in [0.3, 0.4) is 0 Å². The van der Waals surface area contributed by atoms with Crippen LogP contribution in [0.5, 0.6) is 0 Å². The fraction of sp³-hybridized carbons (Fsp3) is 0.500. The number of benzene rings is 1. The molecule has 1 aliphatic rings. The van der Waals surface area contributed by atoms with Crippen LogP contribution in [0.4, 0.5) is 5.69 Å². The van der Waals surface area contributed by atoms with Crippen molar-refractivity contribution in [2.24, 2.45) is 5.73 Å². The summed E-state index contributed by atoms with van der Waals surface area (Å²) in [7, 11) is 0. The van der Waals surface area contributed by atoms with Crippen LogP contribution in [0.25, 0.3) is 0 Å². The summed E-state index contributed by atoms with van der Waals surface area (Å²) in [6.45, 7) is 6.29. The summed E-state index contributed by atoms with van der Waals surface area (Å²) < 4.78 is 0.937. The molecule has 1 heterocycles. The monoisotopic (exact) mass is 340 g/mol. The SMILES string of the molecule is NC(=O)c1ccc(Br)cc1NCCCN1CCNCC1. The first kappa shape index (κ1) is 15.3. The number of primary amides is 1. The zero-order valence-electron chi connectivity index (χ0n) is 11.5. The van der Waals surface area contributed by atoms with E-state index in [0.717, 1.165) is 55.8 Å². The molecule has 1 amide bonds. The number of carbonyl (C=O) groups is 1. The van der Waals surface area contributed by atoms with Crippen LogP contribution in [0.2, 0.25) is 0 Å². The van der Waals surface area contributed by atoms with E-state index < -0.39 is 5.91 Å². The van der Waals surface area contributed by atoms with Crippen molar-refractivity contribution >= 4 is 27.5 Å². The summed E-state index contributed by atoms with van der Waals surface area (Å²) in [4.78, 5) is 13.8. The molecule has 0 radical (unpaired) electrons. The normalized spacial score (nSPS) is 16.1. The van der Waals surface area contributed by atoms with Gasteiger partial charge < -0.3 is 21.3 Å². The molecule has 1 fully saturated rings. The Morgan fingerprint density at radius 2 is 2.15 bits per heavy atom. The second-order valence-electron chi connectivity index (χ2n) is 4.93. The van der Waals surface area contributed by atoms with E-state index in [4.69, 9.17) is 5.73 Å². The predicted octanol–water partition coefficient (Wildman–Crippen LogP) is 1.26. The molecule has 1 saturated heterocycles. The lowest BCUT2D eigenvalue weighted by Crippen LogP contribution is -2.44. The zero-order chi connectivity index (χ0) is 14.4. The fourth-order valence-electron chi connectivity index (χ4n) is 2.34. The van der Waals surface area contributed by atoms with Gasteiger partial charge in [0.25, 0.3) is 5.91 Å². The van der Waals surface area contributed by atoms with E-state index in [1.54, 1.807) is 6.07 Å². The Balaban J connectivity index is 1.81. The number of nitrogens with one attached hydrogen (secondary N) is 2. The van der Waals surface area contributed by atoms with E-state index in [1.807, 2.05) is 12.1 Å². The molecule has 1 aromatic rings. The molecule has 0 saturated carbocycles. The van der Waals surface area contributed by atoms with Gasteiger partial charge in [-0.25, -0.2) is 0 Å². The summed E-state index contributed by atoms with van der Waals surface area (Å²) in [6.07, 6.45) is 1.05. The molecule has 0 unspecified atom stereocenters. The average Bonchev–Trinajstić information content (AvgIpc) is 2.44. The smallest absolute Gasteiger partial charge is 0.250 e. The predicted molar refractivity (Wildman–Crippen MR) is 85.1 cm³/mol. The van der Waals surface area contributed by atoms with Gasteiger partial charge in [-0.1, -0.05) is 15.9 Å². The van der Waals surface area contributed by atoms with Gasteiger partial charge in [-0.3, -0.25) is 4.79 Å². The number of amides is 1. The van der Waals surface area contributed by atoms with Gasteiger partial charge in [0, 0.05) is 42.9 Å². The number of hydrogen-bond acceptors (Lipinski definition) is 4. The minimum absolute atomic E-state index is 0.401. The van der Waals surface area contributed by atoms with E-state index in [1.165, 1.54) is 0 Å². The van der Waals surface area contributed by atoms with Gasteiger partial charge >= 0.3 is 0 Å². The molecule has 0 aliphatic carbocycles. The average molecular weight is 341 g/mol. The molecule has 110 valence electrons. The highest BCUT2D eigenvalue weighted by Crippen LogP contribution is 2.21. The summed E-state index contributed by atoms with van der Waals surface area (Å²) in [6, 6.07) is 5.46. The Bertz CT molecular complexity index is 460. The standard InChI is InChI=1S/C14H21BrN4O/c15-11-2-3-12(14(16)20)13(10-11)18-4-1-7-19-8-5-17-6-9-19/h2-3,10,17-18H,1,4-9H2,(H2,16,20). The van der Waals surface area contributed by atoms with Gasteiger partial charge in [0.05, 0.1) is 5.56 Å².